The number of aromatic nitrogens is 1. The van der Waals surface area contributed by atoms with Crippen LogP contribution in [0.4, 0.5) is 0 Å². The van der Waals surface area contributed by atoms with Crippen LogP contribution in [-0.2, 0) is 17.8 Å². The Labute approximate surface area is 161 Å². The summed E-state index contributed by atoms with van der Waals surface area (Å²) in [5.41, 5.74) is 1.06. The molecule has 1 aromatic rings. The van der Waals surface area contributed by atoms with Crippen LogP contribution in [0, 0.1) is 5.92 Å². The van der Waals surface area contributed by atoms with Crippen molar-refractivity contribution >= 4 is 23.2 Å². The van der Waals surface area contributed by atoms with Crippen molar-refractivity contribution in [2.75, 3.05) is 20.1 Å². The number of piperidine rings is 1. The Kier molecular flexibility index (Phi) is 8.35. The van der Waals surface area contributed by atoms with E-state index in [4.69, 9.17) is 0 Å². The van der Waals surface area contributed by atoms with Crippen molar-refractivity contribution in [2.45, 2.75) is 65.5 Å². The minimum atomic E-state index is 0.181. The molecule has 1 aromatic heterocycles. The standard InChI is InChI=1S/C19H33N5OS/c1-5-14(6-2)18(25)24-10-8-15(9-11-24)23-19(20-4)21-12-16-13-26-17(7-3)22-16/h13-15H,5-12H2,1-4H3,(H2,20,21,23). The van der Waals surface area contributed by atoms with Gasteiger partial charge < -0.3 is 15.5 Å². The first kappa shape index (κ1) is 20.7. The van der Waals surface area contributed by atoms with Gasteiger partial charge in [-0.05, 0) is 32.1 Å². The number of amides is 1. The lowest BCUT2D eigenvalue weighted by atomic mass is 9.98. The van der Waals surface area contributed by atoms with Crippen molar-refractivity contribution in [1.29, 1.82) is 0 Å². The van der Waals surface area contributed by atoms with Crippen LogP contribution in [0.25, 0.3) is 0 Å². The predicted molar refractivity (Wildman–Crippen MR) is 109 cm³/mol. The van der Waals surface area contributed by atoms with Gasteiger partial charge in [-0.25, -0.2) is 4.98 Å². The van der Waals surface area contributed by atoms with Gasteiger partial charge in [0, 0.05) is 37.5 Å². The van der Waals surface area contributed by atoms with E-state index in [1.54, 1.807) is 18.4 Å². The molecule has 0 radical (unpaired) electrons. The van der Waals surface area contributed by atoms with Crippen LogP contribution in [0.5, 0.6) is 0 Å². The molecule has 0 bridgehead atoms. The van der Waals surface area contributed by atoms with Crippen LogP contribution in [0.2, 0.25) is 0 Å². The van der Waals surface area contributed by atoms with Crippen molar-refractivity contribution in [3.05, 3.63) is 16.1 Å². The fraction of sp³-hybridized carbons (Fsp3) is 0.737. The van der Waals surface area contributed by atoms with Crippen molar-refractivity contribution in [1.82, 2.24) is 20.5 Å². The van der Waals surface area contributed by atoms with E-state index in [1.807, 2.05) is 4.90 Å². The summed E-state index contributed by atoms with van der Waals surface area (Å²) in [7, 11) is 1.79. The monoisotopic (exact) mass is 379 g/mol. The average molecular weight is 380 g/mol. The molecular formula is C19H33N5OS. The molecule has 0 atom stereocenters. The molecule has 6 nitrogen and oxygen atoms in total. The predicted octanol–water partition coefficient (Wildman–Crippen LogP) is 2.80. The molecule has 1 saturated heterocycles. The number of guanidine groups is 1. The first-order valence-electron chi connectivity index (χ1n) is 9.80. The summed E-state index contributed by atoms with van der Waals surface area (Å²) < 4.78 is 0. The molecule has 0 saturated carbocycles. The largest absolute Gasteiger partial charge is 0.354 e. The van der Waals surface area contributed by atoms with E-state index in [2.05, 4.69) is 46.8 Å². The van der Waals surface area contributed by atoms with E-state index in [0.29, 0.717) is 18.5 Å². The van der Waals surface area contributed by atoms with Gasteiger partial charge in [-0.3, -0.25) is 9.79 Å². The highest BCUT2D eigenvalue weighted by Crippen LogP contribution is 2.17. The van der Waals surface area contributed by atoms with Gasteiger partial charge in [0.15, 0.2) is 5.96 Å². The number of carbonyl (C=O) groups excluding carboxylic acids is 1. The molecule has 1 fully saturated rings. The highest BCUT2D eigenvalue weighted by molar-refractivity contribution is 7.09. The number of carbonyl (C=O) groups is 1. The second-order valence-electron chi connectivity index (χ2n) is 6.77. The molecule has 0 aromatic carbocycles. The number of thiazole rings is 1. The third kappa shape index (κ3) is 5.69. The van der Waals surface area contributed by atoms with Crippen LogP contribution in [0.3, 0.4) is 0 Å². The molecule has 0 spiro atoms. The number of aryl methyl sites for hydroxylation is 1. The van der Waals surface area contributed by atoms with E-state index in [1.165, 1.54) is 5.01 Å². The molecule has 1 amide bonds. The maximum Gasteiger partial charge on any atom is 0.225 e. The van der Waals surface area contributed by atoms with E-state index in [9.17, 15) is 4.79 Å². The normalized spacial score (nSPS) is 16.2. The first-order valence-corrected chi connectivity index (χ1v) is 10.7. The van der Waals surface area contributed by atoms with Crippen molar-refractivity contribution in [3.63, 3.8) is 0 Å². The van der Waals surface area contributed by atoms with Gasteiger partial charge in [0.1, 0.15) is 0 Å². The fourth-order valence-electron chi connectivity index (χ4n) is 3.30. The van der Waals surface area contributed by atoms with Crippen molar-refractivity contribution < 1.29 is 4.79 Å². The zero-order valence-corrected chi connectivity index (χ0v) is 17.4. The minimum Gasteiger partial charge on any atom is -0.354 e. The van der Waals surface area contributed by atoms with Crippen LogP contribution in [0.1, 0.15) is 57.2 Å². The van der Waals surface area contributed by atoms with Gasteiger partial charge >= 0.3 is 0 Å². The fourth-order valence-corrected chi connectivity index (χ4v) is 4.04. The van der Waals surface area contributed by atoms with Crippen LogP contribution < -0.4 is 10.6 Å². The number of hydrogen-bond donors (Lipinski definition) is 2. The lowest BCUT2D eigenvalue weighted by Gasteiger charge is -2.34. The highest BCUT2D eigenvalue weighted by atomic mass is 32.1. The van der Waals surface area contributed by atoms with E-state index in [-0.39, 0.29) is 5.92 Å². The van der Waals surface area contributed by atoms with Gasteiger partial charge in [-0.15, -0.1) is 11.3 Å². The Morgan fingerprint density at radius 2 is 2.04 bits per heavy atom. The molecule has 2 rings (SSSR count). The van der Waals surface area contributed by atoms with Crippen molar-refractivity contribution in [3.8, 4) is 0 Å². The number of nitrogens with zero attached hydrogens (tertiary/aromatic N) is 3. The Hall–Kier alpha value is -1.63. The maximum absolute atomic E-state index is 12.5. The van der Waals surface area contributed by atoms with Gasteiger partial charge in [-0.2, -0.15) is 0 Å². The summed E-state index contributed by atoms with van der Waals surface area (Å²) in [5, 5.41) is 10.1. The Morgan fingerprint density at radius 3 is 2.58 bits per heavy atom. The third-order valence-electron chi connectivity index (χ3n) is 5.04. The number of likely N-dealkylation sites (tertiary alicyclic amines) is 1. The summed E-state index contributed by atoms with van der Waals surface area (Å²) in [4.78, 5) is 23.4. The summed E-state index contributed by atoms with van der Waals surface area (Å²) in [5.74, 6) is 1.31. The topological polar surface area (TPSA) is 69.6 Å². The Morgan fingerprint density at radius 1 is 1.35 bits per heavy atom. The highest BCUT2D eigenvalue weighted by Gasteiger charge is 2.26. The molecule has 2 heterocycles. The minimum absolute atomic E-state index is 0.181. The van der Waals surface area contributed by atoms with E-state index in [0.717, 1.165) is 56.8 Å². The van der Waals surface area contributed by atoms with Gasteiger partial charge in [-0.1, -0.05) is 20.8 Å². The first-order chi connectivity index (χ1) is 12.6. The summed E-state index contributed by atoms with van der Waals surface area (Å²) in [6.07, 6.45) is 4.76. The van der Waals surface area contributed by atoms with E-state index >= 15 is 0 Å². The van der Waals surface area contributed by atoms with E-state index < -0.39 is 0 Å². The zero-order chi connectivity index (χ0) is 18.9. The van der Waals surface area contributed by atoms with Crippen LogP contribution in [-0.4, -0.2) is 47.9 Å². The molecule has 0 unspecified atom stereocenters. The van der Waals surface area contributed by atoms with Crippen LogP contribution >= 0.6 is 11.3 Å². The summed E-state index contributed by atoms with van der Waals surface area (Å²) in [6, 6.07) is 0.355. The molecule has 2 N–H and O–H groups in total. The third-order valence-corrected chi connectivity index (χ3v) is 6.09. The molecule has 26 heavy (non-hydrogen) atoms. The van der Waals surface area contributed by atoms with Gasteiger partial charge in [0.25, 0.3) is 0 Å². The summed E-state index contributed by atoms with van der Waals surface area (Å²) in [6.45, 7) is 8.66. The SMILES string of the molecule is CCc1nc(CNC(=NC)NC2CCN(C(=O)C(CC)CC)CC2)cs1. The van der Waals surface area contributed by atoms with Gasteiger partial charge in [0.2, 0.25) is 5.91 Å². The zero-order valence-electron chi connectivity index (χ0n) is 16.5. The molecular weight excluding hydrogens is 346 g/mol. The smallest absolute Gasteiger partial charge is 0.225 e. The molecule has 1 aliphatic rings. The van der Waals surface area contributed by atoms with Gasteiger partial charge in [0.05, 0.1) is 17.2 Å². The number of hydrogen-bond acceptors (Lipinski definition) is 4. The maximum atomic E-state index is 12.5. The number of rotatable bonds is 7. The second-order valence-corrected chi connectivity index (χ2v) is 7.71. The molecule has 7 heteroatoms. The second kappa shape index (κ2) is 10.5. The molecule has 146 valence electrons. The average Bonchev–Trinajstić information content (AvgIpc) is 3.14. The number of aliphatic imine (C=N–C) groups is 1. The molecule has 0 aliphatic carbocycles. The lowest BCUT2D eigenvalue weighted by Crippen LogP contribution is -2.50. The molecule has 1 aliphatic heterocycles. The van der Waals surface area contributed by atoms with Crippen molar-refractivity contribution in [2.24, 2.45) is 10.9 Å². The van der Waals surface area contributed by atoms with Crippen LogP contribution in [0.15, 0.2) is 10.4 Å². The Balaban J connectivity index is 1.77. The lowest BCUT2D eigenvalue weighted by molar-refractivity contribution is -0.136. The Bertz CT molecular complexity index is 589. The summed E-state index contributed by atoms with van der Waals surface area (Å²) >= 11 is 1.70. The quantitative estimate of drug-likeness (QED) is 0.565. The number of nitrogens with one attached hydrogen (secondary N) is 2.